The monoisotopic (exact) mass is 298 g/mol. The van der Waals surface area contributed by atoms with Gasteiger partial charge in [-0.3, -0.25) is 9.78 Å². The van der Waals surface area contributed by atoms with Gasteiger partial charge in [-0.15, -0.1) is 5.10 Å². The first-order valence-corrected chi connectivity index (χ1v) is 6.22. The maximum atomic E-state index is 11.7. The van der Waals surface area contributed by atoms with Gasteiger partial charge in [0, 0.05) is 5.92 Å². The highest BCUT2D eigenvalue weighted by atomic mass is 16.5. The molecule has 1 aliphatic rings. The third-order valence-corrected chi connectivity index (χ3v) is 3.51. The van der Waals surface area contributed by atoms with Crippen molar-refractivity contribution in [2.24, 2.45) is 5.92 Å². The molecule has 11 nitrogen and oxygen atoms in total. The summed E-state index contributed by atoms with van der Waals surface area (Å²) < 4.78 is 6.58. The molecular weight excluding hydrogens is 284 g/mol. The quantitative estimate of drug-likeness (QED) is 0.394. The van der Waals surface area contributed by atoms with Crippen molar-refractivity contribution in [1.29, 1.82) is 0 Å². The van der Waals surface area contributed by atoms with Gasteiger partial charge in [-0.2, -0.15) is 9.67 Å². The first-order valence-electron chi connectivity index (χ1n) is 6.22. The second kappa shape index (κ2) is 5.04. The molecule has 0 amide bonds. The van der Waals surface area contributed by atoms with Gasteiger partial charge in [-0.1, -0.05) is 5.21 Å². The van der Waals surface area contributed by atoms with Gasteiger partial charge in [0.15, 0.2) is 17.4 Å². The lowest BCUT2D eigenvalue weighted by Gasteiger charge is -2.16. The van der Waals surface area contributed by atoms with Crippen LogP contribution in [0.25, 0.3) is 11.2 Å². The molecule has 2 aromatic rings. The fourth-order valence-electron chi connectivity index (χ4n) is 2.43. The molecule has 0 spiro atoms. The summed E-state index contributed by atoms with van der Waals surface area (Å²) in [6.07, 6.45) is -2.93. The molecule has 0 aliphatic carbocycles. The van der Waals surface area contributed by atoms with Gasteiger partial charge in [-0.25, -0.2) is 0 Å². The molecule has 2 aromatic heterocycles. The number of rotatable bonds is 3. The Labute approximate surface area is 117 Å². The number of nitrogens with zero attached hydrogens (tertiary/aromatic N) is 4. The molecule has 4 atom stereocenters. The zero-order chi connectivity index (χ0) is 15.1. The lowest BCUT2D eigenvalue weighted by molar-refractivity contribution is -0.0564. The summed E-state index contributed by atoms with van der Waals surface area (Å²) in [4.78, 5) is 17.9. The summed E-state index contributed by atoms with van der Waals surface area (Å²) in [5.41, 5.74) is 4.92. The van der Waals surface area contributed by atoms with Crippen molar-refractivity contribution < 1.29 is 20.1 Å². The number of aromatic amines is 1. The molecule has 6 N–H and O–H groups in total. The van der Waals surface area contributed by atoms with Crippen molar-refractivity contribution in [3.05, 3.63) is 10.4 Å². The predicted molar refractivity (Wildman–Crippen MR) is 67.9 cm³/mol. The van der Waals surface area contributed by atoms with E-state index in [1.165, 1.54) is 0 Å². The summed E-state index contributed by atoms with van der Waals surface area (Å²) in [7, 11) is 0. The number of ether oxygens (including phenoxy) is 1. The molecule has 1 aliphatic heterocycles. The number of hydrogen-bond acceptors (Lipinski definition) is 9. The first kappa shape index (κ1) is 13.9. The summed E-state index contributed by atoms with van der Waals surface area (Å²) in [5.74, 6) is -0.806. The first-order chi connectivity index (χ1) is 10.1. The molecule has 1 saturated heterocycles. The van der Waals surface area contributed by atoms with E-state index in [4.69, 9.17) is 10.5 Å². The van der Waals surface area contributed by atoms with Crippen LogP contribution in [0.15, 0.2) is 4.79 Å². The maximum Gasteiger partial charge on any atom is 0.282 e. The van der Waals surface area contributed by atoms with Crippen LogP contribution in [0.1, 0.15) is 6.23 Å². The van der Waals surface area contributed by atoms with Crippen molar-refractivity contribution in [3.63, 3.8) is 0 Å². The van der Waals surface area contributed by atoms with Crippen LogP contribution in [0.2, 0.25) is 0 Å². The summed E-state index contributed by atoms with van der Waals surface area (Å²) in [5, 5.41) is 36.1. The molecule has 21 heavy (non-hydrogen) atoms. The smallest absolute Gasteiger partial charge is 0.282 e. The second-order valence-corrected chi connectivity index (χ2v) is 4.74. The number of anilines is 1. The van der Waals surface area contributed by atoms with Crippen molar-refractivity contribution in [2.75, 3.05) is 18.9 Å². The number of hydrogen-bond donors (Lipinski definition) is 5. The van der Waals surface area contributed by atoms with Gasteiger partial charge in [0.25, 0.3) is 5.56 Å². The minimum absolute atomic E-state index is 0.0482. The highest BCUT2D eigenvalue weighted by Gasteiger charge is 2.45. The third kappa shape index (κ3) is 2.06. The lowest BCUT2D eigenvalue weighted by atomic mass is 10.00. The van der Waals surface area contributed by atoms with Crippen LogP contribution < -0.4 is 11.3 Å². The van der Waals surface area contributed by atoms with E-state index >= 15 is 0 Å². The van der Waals surface area contributed by atoms with Gasteiger partial charge in [0.1, 0.15) is 6.10 Å². The van der Waals surface area contributed by atoms with E-state index < -0.39 is 29.9 Å². The molecule has 1 fully saturated rings. The molecule has 3 rings (SSSR count). The van der Waals surface area contributed by atoms with E-state index in [0.717, 1.165) is 4.68 Å². The Bertz CT molecular complexity index is 714. The highest BCUT2D eigenvalue weighted by Crippen LogP contribution is 2.34. The Morgan fingerprint density at radius 2 is 2.14 bits per heavy atom. The van der Waals surface area contributed by atoms with Gasteiger partial charge in [-0.05, 0) is 0 Å². The van der Waals surface area contributed by atoms with Crippen LogP contribution in [0.4, 0.5) is 5.95 Å². The number of nitrogens with one attached hydrogen (secondary N) is 1. The van der Waals surface area contributed by atoms with Crippen LogP contribution >= 0.6 is 0 Å². The normalized spacial score (nSPS) is 29.3. The van der Waals surface area contributed by atoms with Gasteiger partial charge < -0.3 is 25.8 Å². The van der Waals surface area contributed by atoms with Crippen molar-refractivity contribution in [2.45, 2.75) is 18.4 Å². The minimum Gasteiger partial charge on any atom is -0.396 e. The standard InChI is InChI=1S/C10H14N6O5/c11-10-12-7-5(8(20)13-10)14-15-16(7)9-6(19)3(1-17)4(2-18)21-9/h3-4,6,9,17-19H,1-2H2,(H3,11,12,13,20)/t3-,4-,6-,9-/m1/s1. The maximum absolute atomic E-state index is 11.7. The number of aromatic nitrogens is 5. The summed E-state index contributed by atoms with van der Waals surface area (Å²) in [6, 6.07) is 0. The fourth-order valence-corrected chi connectivity index (χ4v) is 2.43. The second-order valence-electron chi connectivity index (χ2n) is 4.74. The van der Waals surface area contributed by atoms with Crippen molar-refractivity contribution in [3.8, 4) is 0 Å². The molecule has 0 saturated carbocycles. The highest BCUT2D eigenvalue weighted by molar-refractivity contribution is 5.69. The number of aliphatic hydroxyl groups is 3. The van der Waals surface area contributed by atoms with Crippen molar-refractivity contribution in [1.82, 2.24) is 25.0 Å². The molecule has 0 bridgehead atoms. The van der Waals surface area contributed by atoms with Crippen LogP contribution in [0.3, 0.4) is 0 Å². The Morgan fingerprint density at radius 3 is 2.76 bits per heavy atom. The molecule has 0 unspecified atom stereocenters. The van der Waals surface area contributed by atoms with Gasteiger partial charge >= 0.3 is 0 Å². The lowest BCUT2D eigenvalue weighted by Crippen LogP contribution is -2.31. The number of nitrogens with two attached hydrogens (primary N) is 1. The average molecular weight is 298 g/mol. The van der Waals surface area contributed by atoms with Crippen LogP contribution in [0.5, 0.6) is 0 Å². The van der Waals surface area contributed by atoms with E-state index in [1.54, 1.807) is 0 Å². The topological polar surface area (TPSA) is 172 Å². The molecule has 11 heteroatoms. The minimum atomic E-state index is -1.14. The third-order valence-electron chi connectivity index (χ3n) is 3.51. The van der Waals surface area contributed by atoms with E-state index in [9.17, 15) is 20.1 Å². The van der Waals surface area contributed by atoms with E-state index in [1.807, 2.05) is 0 Å². The summed E-state index contributed by atoms with van der Waals surface area (Å²) in [6.45, 7) is -0.743. The fraction of sp³-hybridized carbons (Fsp3) is 0.600. The van der Waals surface area contributed by atoms with Gasteiger partial charge in [0.2, 0.25) is 5.95 Å². The predicted octanol–water partition coefficient (Wildman–Crippen LogP) is -3.04. The number of nitrogen functional groups attached to an aromatic ring is 1. The van der Waals surface area contributed by atoms with E-state index in [0.29, 0.717) is 0 Å². The van der Waals surface area contributed by atoms with E-state index in [-0.39, 0.29) is 30.3 Å². The Hall–Kier alpha value is -2.08. The molecule has 0 aromatic carbocycles. The van der Waals surface area contributed by atoms with Crippen LogP contribution in [-0.2, 0) is 4.74 Å². The molecule has 0 radical (unpaired) electrons. The van der Waals surface area contributed by atoms with Crippen LogP contribution in [0, 0.1) is 5.92 Å². The van der Waals surface area contributed by atoms with Crippen LogP contribution in [-0.4, -0.2) is 65.7 Å². The Kier molecular flexibility index (Phi) is 3.33. The Balaban J connectivity index is 2.07. The molecule has 114 valence electrons. The van der Waals surface area contributed by atoms with Crippen molar-refractivity contribution >= 4 is 17.1 Å². The zero-order valence-corrected chi connectivity index (χ0v) is 10.7. The molecular formula is C10H14N6O5. The Morgan fingerprint density at radius 1 is 1.38 bits per heavy atom. The summed E-state index contributed by atoms with van der Waals surface area (Å²) >= 11 is 0. The average Bonchev–Trinajstić information content (AvgIpc) is 2.99. The number of fused-ring (bicyclic) bond motifs is 1. The molecule has 3 heterocycles. The number of aliphatic hydroxyl groups excluding tert-OH is 3. The SMILES string of the molecule is Nc1nc2c(nnn2[C@@H]2O[C@H](CO)[C@@H](CO)[C@H]2O)c(=O)[nH]1. The van der Waals surface area contributed by atoms with E-state index in [2.05, 4.69) is 20.3 Å². The van der Waals surface area contributed by atoms with Gasteiger partial charge in [0.05, 0.1) is 19.3 Å². The largest absolute Gasteiger partial charge is 0.396 e. The zero-order valence-electron chi connectivity index (χ0n) is 10.7. The number of H-pyrrole nitrogens is 1.